The SMILES string of the molecule is C=C.CC(C)(C)OC=O.CCOC(=O)C1=C(C)NC(C)=C(C(=O)OCC)C1c1ccccc1. The number of ether oxygens (including phenoxy) is 3. The Bertz CT molecular complexity index is 809. The summed E-state index contributed by atoms with van der Waals surface area (Å²) in [6.07, 6.45) is 0. The van der Waals surface area contributed by atoms with Gasteiger partial charge in [-0.15, -0.1) is 13.2 Å². The molecule has 33 heavy (non-hydrogen) atoms. The monoisotopic (exact) mass is 459 g/mol. The molecule has 1 N–H and O–H groups in total. The van der Waals surface area contributed by atoms with Crippen LogP contribution in [-0.2, 0) is 28.6 Å². The fourth-order valence-electron chi connectivity index (χ4n) is 3.08. The minimum absolute atomic E-state index is 0.272. The lowest BCUT2D eigenvalue weighted by atomic mass is 9.80. The van der Waals surface area contributed by atoms with Gasteiger partial charge < -0.3 is 19.5 Å². The molecule has 0 atom stereocenters. The van der Waals surface area contributed by atoms with E-state index in [0.29, 0.717) is 29.0 Å². The van der Waals surface area contributed by atoms with E-state index in [2.05, 4.69) is 23.2 Å². The number of carbonyl (C=O) groups excluding carboxylic acids is 3. The molecule has 1 heterocycles. The van der Waals surface area contributed by atoms with Crippen LogP contribution in [0.2, 0.25) is 0 Å². The number of allylic oxidation sites excluding steroid dienone is 2. The van der Waals surface area contributed by atoms with Gasteiger partial charge in [0.15, 0.2) is 0 Å². The fourth-order valence-corrected chi connectivity index (χ4v) is 3.08. The summed E-state index contributed by atoms with van der Waals surface area (Å²) in [5.41, 5.74) is 2.79. The third kappa shape index (κ3) is 9.35. The number of rotatable bonds is 6. The van der Waals surface area contributed by atoms with E-state index < -0.39 is 17.9 Å². The smallest absolute Gasteiger partial charge is 0.336 e. The molecule has 7 heteroatoms. The van der Waals surface area contributed by atoms with E-state index in [0.717, 1.165) is 5.56 Å². The normalized spacial score (nSPS) is 13.4. The zero-order valence-electron chi connectivity index (χ0n) is 20.8. The largest absolute Gasteiger partial charge is 0.463 e. The summed E-state index contributed by atoms with van der Waals surface area (Å²) in [7, 11) is 0. The average Bonchev–Trinajstić information content (AvgIpc) is 2.75. The first-order valence-corrected chi connectivity index (χ1v) is 10.8. The highest BCUT2D eigenvalue weighted by atomic mass is 16.5. The van der Waals surface area contributed by atoms with Crippen LogP contribution < -0.4 is 5.32 Å². The predicted molar refractivity (Wildman–Crippen MR) is 129 cm³/mol. The second kappa shape index (κ2) is 14.7. The number of esters is 2. The summed E-state index contributed by atoms with van der Waals surface area (Å²) in [6.45, 7) is 19.6. The molecule has 0 fully saturated rings. The van der Waals surface area contributed by atoms with E-state index in [1.165, 1.54) is 0 Å². The topological polar surface area (TPSA) is 90.9 Å². The molecule has 182 valence electrons. The Labute approximate surface area is 197 Å². The lowest BCUT2D eigenvalue weighted by molar-refractivity contribution is -0.140. The van der Waals surface area contributed by atoms with E-state index in [1.54, 1.807) is 13.8 Å². The first-order valence-electron chi connectivity index (χ1n) is 10.8. The van der Waals surface area contributed by atoms with E-state index >= 15 is 0 Å². The molecular weight excluding hydrogens is 422 g/mol. The van der Waals surface area contributed by atoms with Crippen molar-refractivity contribution in [2.45, 2.75) is 60.0 Å². The molecule has 0 radical (unpaired) electrons. The molecule has 0 unspecified atom stereocenters. The van der Waals surface area contributed by atoms with Crippen LogP contribution in [0.4, 0.5) is 0 Å². The van der Waals surface area contributed by atoms with E-state index in [9.17, 15) is 14.4 Å². The molecule has 0 spiro atoms. The number of nitrogens with one attached hydrogen (secondary N) is 1. The summed E-state index contributed by atoms with van der Waals surface area (Å²) in [5.74, 6) is -1.36. The molecule has 0 saturated heterocycles. The van der Waals surface area contributed by atoms with Gasteiger partial charge >= 0.3 is 11.9 Å². The van der Waals surface area contributed by atoms with Gasteiger partial charge in [0.05, 0.1) is 30.3 Å². The van der Waals surface area contributed by atoms with Crippen molar-refractivity contribution < 1.29 is 28.6 Å². The average molecular weight is 460 g/mol. The van der Waals surface area contributed by atoms with Crippen LogP contribution in [0.5, 0.6) is 0 Å². The standard InChI is InChI=1S/C19H23NO4.C5H10O2.C2H4/c1-5-23-18(21)15-12(3)20-13(4)16(19(22)24-6-2)17(15)14-10-8-7-9-11-14;1-5(2,3)7-4-6;1-2/h7-11,17,20H,5-6H2,1-4H3;4H,1-3H3;1-2H2. The predicted octanol–water partition coefficient (Wildman–Crippen LogP) is 4.81. The zero-order valence-corrected chi connectivity index (χ0v) is 20.8. The third-order valence-corrected chi connectivity index (χ3v) is 4.29. The molecular formula is C26H37NO6. The summed E-state index contributed by atoms with van der Waals surface area (Å²) >= 11 is 0. The van der Waals surface area contributed by atoms with Gasteiger partial charge in [0.2, 0.25) is 0 Å². The number of hydrogen-bond acceptors (Lipinski definition) is 7. The fraction of sp³-hybridized carbons (Fsp3) is 0.423. The summed E-state index contributed by atoms with van der Waals surface area (Å²) in [4.78, 5) is 34.7. The maximum atomic E-state index is 12.5. The van der Waals surface area contributed by atoms with Crippen LogP contribution in [0.15, 0.2) is 66.0 Å². The Morgan fingerprint density at radius 2 is 1.36 bits per heavy atom. The third-order valence-electron chi connectivity index (χ3n) is 4.29. The Morgan fingerprint density at radius 3 is 1.67 bits per heavy atom. The molecule has 0 aromatic heterocycles. The number of carbonyl (C=O) groups is 3. The molecule has 1 aromatic carbocycles. The summed E-state index contributed by atoms with van der Waals surface area (Å²) in [5, 5.41) is 3.12. The van der Waals surface area contributed by atoms with E-state index in [-0.39, 0.29) is 18.8 Å². The van der Waals surface area contributed by atoms with Crippen molar-refractivity contribution in [2.24, 2.45) is 0 Å². The van der Waals surface area contributed by atoms with Crippen LogP contribution in [0.3, 0.4) is 0 Å². The van der Waals surface area contributed by atoms with Gasteiger partial charge in [-0.2, -0.15) is 0 Å². The maximum Gasteiger partial charge on any atom is 0.336 e. The number of benzene rings is 1. The Hall–Kier alpha value is -3.35. The lowest BCUT2D eigenvalue weighted by Crippen LogP contribution is -2.32. The highest BCUT2D eigenvalue weighted by Crippen LogP contribution is 2.39. The molecule has 0 bridgehead atoms. The van der Waals surface area contributed by atoms with Crippen molar-refractivity contribution in [3.8, 4) is 0 Å². The van der Waals surface area contributed by atoms with Crippen LogP contribution in [0.25, 0.3) is 0 Å². The first-order chi connectivity index (χ1) is 15.6. The minimum Gasteiger partial charge on any atom is -0.463 e. The van der Waals surface area contributed by atoms with Gasteiger partial charge in [0.1, 0.15) is 5.60 Å². The number of dihydropyridines is 1. The minimum atomic E-state index is -0.509. The van der Waals surface area contributed by atoms with Gasteiger partial charge in [-0.05, 0) is 54.0 Å². The second-order valence-corrected chi connectivity index (χ2v) is 7.81. The van der Waals surface area contributed by atoms with Crippen molar-refractivity contribution in [3.63, 3.8) is 0 Å². The molecule has 7 nitrogen and oxygen atoms in total. The van der Waals surface area contributed by atoms with Gasteiger partial charge in [0, 0.05) is 11.4 Å². The van der Waals surface area contributed by atoms with Crippen molar-refractivity contribution in [2.75, 3.05) is 13.2 Å². The lowest BCUT2D eigenvalue weighted by Gasteiger charge is -2.30. The molecule has 0 aliphatic carbocycles. The summed E-state index contributed by atoms with van der Waals surface area (Å²) < 4.78 is 15.0. The quantitative estimate of drug-likeness (QED) is 0.283. The molecule has 2 rings (SSSR count). The highest BCUT2D eigenvalue weighted by molar-refractivity contribution is 5.99. The molecule has 0 amide bonds. The van der Waals surface area contributed by atoms with Gasteiger partial charge in [-0.1, -0.05) is 30.3 Å². The van der Waals surface area contributed by atoms with Crippen molar-refractivity contribution >= 4 is 18.4 Å². The Kier molecular flexibility index (Phi) is 13.2. The maximum absolute atomic E-state index is 12.5. The molecule has 1 aliphatic rings. The number of hydrogen-bond donors (Lipinski definition) is 1. The van der Waals surface area contributed by atoms with Crippen LogP contribution >= 0.6 is 0 Å². The van der Waals surface area contributed by atoms with E-state index in [4.69, 9.17) is 9.47 Å². The van der Waals surface area contributed by atoms with Gasteiger partial charge in [0.25, 0.3) is 6.47 Å². The van der Waals surface area contributed by atoms with Gasteiger partial charge in [-0.25, -0.2) is 9.59 Å². The molecule has 1 aliphatic heterocycles. The van der Waals surface area contributed by atoms with Crippen LogP contribution in [0.1, 0.15) is 59.9 Å². The van der Waals surface area contributed by atoms with Crippen LogP contribution in [0, 0.1) is 0 Å². The van der Waals surface area contributed by atoms with Crippen molar-refractivity contribution in [3.05, 3.63) is 71.6 Å². The Morgan fingerprint density at radius 1 is 0.939 bits per heavy atom. The highest BCUT2D eigenvalue weighted by Gasteiger charge is 2.37. The second-order valence-electron chi connectivity index (χ2n) is 7.81. The van der Waals surface area contributed by atoms with Crippen molar-refractivity contribution in [1.29, 1.82) is 0 Å². The van der Waals surface area contributed by atoms with E-state index in [1.807, 2.05) is 65.0 Å². The van der Waals surface area contributed by atoms with Crippen LogP contribution in [-0.4, -0.2) is 37.2 Å². The molecule has 0 saturated carbocycles. The Balaban J connectivity index is 0.000000973. The van der Waals surface area contributed by atoms with Crippen molar-refractivity contribution in [1.82, 2.24) is 5.32 Å². The first kappa shape index (κ1) is 29.7. The molecule has 1 aromatic rings. The van der Waals surface area contributed by atoms with Gasteiger partial charge in [-0.3, -0.25) is 4.79 Å². The zero-order chi connectivity index (χ0) is 25.6. The summed E-state index contributed by atoms with van der Waals surface area (Å²) in [6, 6.07) is 9.46.